The van der Waals surface area contributed by atoms with Crippen molar-refractivity contribution in [2.75, 3.05) is 18.1 Å². The number of carbonyl (C=O) groups excluding carboxylic acids is 2. The number of nitrogens with zero attached hydrogens (tertiary/aromatic N) is 1. The zero-order valence-corrected chi connectivity index (χ0v) is 15.7. The van der Waals surface area contributed by atoms with E-state index in [0.29, 0.717) is 31.7 Å². The van der Waals surface area contributed by atoms with Crippen LogP contribution in [-0.2, 0) is 26.0 Å². The molecule has 0 bridgehead atoms. The van der Waals surface area contributed by atoms with Gasteiger partial charge in [-0.3, -0.25) is 9.59 Å². The molecule has 2 atom stereocenters. The smallest absolute Gasteiger partial charge is 0.242 e. The van der Waals surface area contributed by atoms with Gasteiger partial charge in [0.25, 0.3) is 0 Å². The van der Waals surface area contributed by atoms with Crippen LogP contribution >= 0.6 is 0 Å². The fourth-order valence-corrected chi connectivity index (χ4v) is 5.72. The van der Waals surface area contributed by atoms with Gasteiger partial charge in [0.15, 0.2) is 9.84 Å². The predicted molar refractivity (Wildman–Crippen MR) is 99.0 cm³/mol. The lowest BCUT2D eigenvalue weighted by atomic mass is 10.0. The molecular weight excluding hydrogens is 352 g/mol. The standard InChI is InChI=1S/C19H26N2O4S/c22-18-9-8-17(21(18)13-15-5-2-1-3-6-15)19(23)20-11-4-7-16-10-12-26(24,25)14-16/h1-3,5-6,16-17H,4,7-14H2,(H,20,23). The van der Waals surface area contributed by atoms with Gasteiger partial charge in [-0.2, -0.15) is 0 Å². The van der Waals surface area contributed by atoms with Crippen LogP contribution in [-0.4, -0.2) is 49.2 Å². The molecule has 2 saturated heterocycles. The van der Waals surface area contributed by atoms with Crippen LogP contribution in [0.3, 0.4) is 0 Å². The zero-order chi connectivity index (χ0) is 18.6. The first kappa shape index (κ1) is 18.9. The molecule has 2 fully saturated rings. The second-order valence-corrected chi connectivity index (χ2v) is 9.49. The molecule has 2 aliphatic heterocycles. The number of benzene rings is 1. The number of hydrogen-bond donors (Lipinski definition) is 1. The molecule has 142 valence electrons. The number of carbonyl (C=O) groups is 2. The van der Waals surface area contributed by atoms with E-state index in [9.17, 15) is 18.0 Å². The second kappa shape index (κ2) is 8.20. The van der Waals surface area contributed by atoms with Crippen molar-refractivity contribution in [2.24, 2.45) is 5.92 Å². The van der Waals surface area contributed by atoms with Crippen molar-refractivity contribution in [3.8, 4) is 0 Å². The molecule has 1 N–H and O–H groups in total. The van der Waals surface area contributed by atoms with Gasteiger partial charge in [0.1, 0.15) is 6.04 Å². The highest BCUT2D eigenvalue weighted by Gasteiger charge is 2.35. The molecule has 0 radical (unpaired) electrons. The average molecular weight is 378 g/mol. The molecule has 7 heteroatoms. The molecule has 2 amide bonds. The van der Waals surface area contributed by atoms with Crippen molar-refractivity contribution in [1.82, 2.24) is 10.2 Å². The van der Waals surface area contributed by atoms with Gasteiger partial charge in [-0.25, -0.2) is 8.42 Å². The lowest BCUT2D eigenvalue weighted by Crippen LogP contribution is -2.44. The minimum atomic E-state index is -2.84. The number of sulfone groups is 1. The Morgan fingerprint density at radius 3 is 2.65 bits per heavy atom. The molecule has 0 aliphatic carbocycles. The normalized spacial score (nSPS) is 24.8. The zero-order valence-electron chi connectivity index (χ0n) is 14.9. The maximum atomic E-state index is 12.5. The van der Waals surface area contributed by atoms with Crippen LogP contribution in [0.25, 0.3) is 0 Å². The van der Waals surface area contributed by atoms with Crippen molar-refractivity contribution in [1.29, 1.82) is 0 Å². The molecule has 2 aliphatic rings. The van der Waals surface area contributed by atoms with E-state index < -0.39 is 15.9 Å². The Morgan fingerprint density at radius 1 is 1.19 bits per heavy atom. The first-order valence-corrected chi connectivity index (χ1v) is 11.1. The molecule has 6 nitrogen and oxygen atoms in total. The predicted octanol–water partition coefficient (Wildman–Crippen LogP) is 1.51. The van der Waals surface area contributed by atoms with E-state index in [1.165, 1.54) is 0 Å². The van der Waals surface area contributed by atoms with E-state index in [1.54, 1.807) is 4.90 Å². The molecule has 2 unspecified atom stereocenters. The van der Waals surface area contributed by atoms with Crippen molar-refractivity contribution in [2.45, 2.75) is 44.7 Å². The number of amides is 2. The fourth-order valence-electron chi connectivity index (χ4n) is 3.80. The molecule has 2 heterocycles. The molecule has 0 spiro atoms. The highest BCUT2D eigenvalue weighted by atomic mass is 32.2. The second-order valence-electron chi connectivity index (χ2n) is 7.26. The maximum absolute atomic E-state index is 12.5. The summed E-state index contributed by atoms with van der Waals surface area (Å²) in [5.74, 6) is 0.710. The summed E-state index contributed by atoms with van der Waals surface area (Å²) < 4.78 is 22.9. The van der Waals surface area contributed by atoms with E-state index in [1.807, 2.05) is 30.3 Å². The van der Waals surface area contributed by atoms with Crippen LogP contribution in [0.15, 0.2) is 30.3 Å². The third-order valence-electron chi connectivity index (χ3n) is 5.24. The Kier molecular flexibility index (Phi) is 5.96. The average Bonchev–Trinajstić information content (AvgIpc) is 3.15. The highest BCUT2D eigenvalue weighted by Crippen LogP contribution is 2.23. The summed E-state index contributed by atoms with van der Waals surface area (Å²) >= 11 is 0. The summed E-state index contributed by atoms with van der Waals surface area (Å²) in [5.41, 5.74) is 1.02. The highest BCUT2D eigenvalue weighted by molar-refractivity contribution is 7.91. The van der Waals surface area contributed by atoms with Crippen molar-refractivity contribution in [3.63, 3.8) is 0 Å². The van der Waals surface area contributed by atoms with Gasteiger partial charge >= 0.3 is 0 Å². The Balaban J connectivity index is 1.45. The minimum Gasteiger partial charge on any atom is -0.354 e. The molecule has 1 aromatic carbocycles. The van der Waals surface area contributed by atoms with Crippen LogP contribution in [0.4, 0.5) is 0 Å². The number of likely N-dealkylation sites (tertiary alicyclic amines) is 1. The first-order valence-electron chi connectivity index (χ1n) is 9.26. The van der Waals surface area contributed by atoms with Gasteiger partial charge in [0.05, 0.1) is 11.5 Å². The SMILES string of the molecule is O=C(NCCCC1CCS(=O)(=O)C1)C1CCC(=O)N1Cc1ccccc1. The summed E-state index contributed by atoms with van der Waals surface area (Å²) in [6, 6.07) is 9.28. The Bertz CT molecular complexity index is 748. The molecule has 0 aromatic heterocycles. The topological polar surface area (TPSA) is 83.5 Å². The van der Waals surface area contributed by atoms with E-state index in [4.69, 9.17) is 0 Å². The van der Waals surface area contributed by atoms with Crippen LogP contribution in [0, 0.1) is 5.92 Å². The van der Waals surface area contributed by atoms with Crippen molar-refractivity contribution < 1.29 is 18.0 Å². The van der Waals surface area contributed by atoms with Gasteiger partial charge in [0, 0.05) is 19.5 Å². The van der Waals surface area contributed by atoms with Crippen LogP contribution < -0.4 is 5.32 Å². The fraction of sp³-hybridized carbons (Fsp3) is 0.579. The summed E-state index contributed by atoms with van der Waals surface area (Å²) in [6.07, 6.45) is 3.28. The van der Waals surface area contributed by atoms with Crippen molar-refractivity contribution >= 4 is 21.7 Å². The minimum absolute atomic E-state index is 0.0187. The number of hydrogen-bond acceptors (Lipinski definition) is 4. The van der Waals surface area contributed by atoms with Crippen LogP contribution in [0.1, 0.15) is 37.7 Å². The van der Waals surface area contributed by atoms with Crippen LogP contribution in [0.2, 0.25) is 0 Å². The number of rotatable bonds is 7. The Morgan fingerprint density at radius 2 is 1.96 bits per heavy atom. The molecular formula is C19H26N2O4S. The van der Waals surface area contributed by atoms with E-state index in [-0.39, 0.29) is 23.5 Å². The Labute approximate surface area is 154 Å². The summed E-state index contributed by atoms with van der Waals surface area (Å²) in [4.78, 5) is 26.3. The van der Waals surface area contributed by atoms with Crippen molar-refractivity contribution in [3.05, 3.63) is 35.9 Å². The lowest BCUT2D eigenvalue weighted by molar-refractivity contribution is -0.135. The largest absolute Gasteiger partial charge is 0.354 e. The third kappa shape index (κ3) is 4.84. The van der Waals surface area contributed by atoms with Gasteiger partial charge in [-0.05, 0) is 37.2 Å². The number of nitrogens with one attached hydrogen (secondary N) is 1. The monoisotopic (exact) mass is 378 g/mol. The molecule has 3 rings (SSSR count). The van der Waals surface area contributed by atoms with Gasteiger partial charge in [-0.15, -0.1) is 0 Å². The first-order chi connectivity index (χ1) is 12.4. The van der Waals surface area contributed by atoms with Gasteiger partial charge in [0.2, 0.25) is 11.8 Å². The summed E-state index contributed by atoms with van der Waals surface area (Å²) in [5, 5.41) is 2.92. The van der Waals surface area contributed by atoms with E-state index >= 15 is 0 Å². The maximum Gasteiger partial charge on any atom is 0.242 e. The van der Waals surface area contributed by atoms with E-state index in [0.717, 1.165) is 24.8 Å². The summed E-state index contributed by atoms with van der Waals surface area (Å²) in [7, 11) is -2.84. The lowest BCUT2D eigenvalue weighted by Gasteiger charge is -2.24. The van der Waals surface area contributed by atoms with Gasteiger partial charge in [-0.1, -0.05) is 30.3 Å². The van der Waals surface area contributed by atoms with Gasteiger partial charge < -0.3 is 10.2 Å². The molecule has 1 aromatic rings. The quantitative estimate of drug-likeness (QED) is 0.729. The molecule has 0 saturated carbocycles. The molecule has 26 heavy (non-hydrogen) atoms. The van der Waals surface area contributed by atoms with Crippen LogP contribution in [0.5, 0.6) is 0 Å². The Hall–Kier alpha value is -1.89. The summed E-state index contributed by atoms with van der Waals surface area (Å²) in [6.45, 7) is 0.983. The van der Waals surface area contributed by atoms with E-state index in [2.05, 4.69) is 5.32 Å². The third-order valence-corrected chi connectivity index (χ3v) is 7.08.